The third-order valence-electron chi connectivity index (χ3n) is 5.19. The smallest absolute Gasteiger partial charge is 0.150 e. The number of fused-ring (bicyclic) bond motifs is 1. The molecule has 5 rings (SSSR count). The van der Waals surface area contributed by atoms with Crippen molar-refractivity contribution in [1.82, 2.24) is 19.2 Å². The average molecular weight is 408 g/mol. The molecule has 0 bridgehead atoms. The number of anilines is 1. The van der Waals surface area contributed by atoms with Crippen molar-refractivity contribution in [3.63, 3.8) is 0 Å². The molecule has 1 aliphatic rings. The van der Waals surface area contributed by atoms with Crippen molar-refractivity contribution in [3.05, 3.63) is 59.9 Å². The van der Waals surface area contributed by atoms with E-state index in [4.69, 9.17) is 9.36 Å². The SMILES string of the molecule is c1ccc2c(N3CCN(CCc4csc(-c5ccncc5)n4)CC3)nsc2c1. The summed E-state index contributed by atoms with van der Waals surface area (Å²) in [5.74, 6) is 1.15. The third kappa shape index (κ3) is 3.65. The standard InChI is InChI=1S/C21H21N5S2/c1-2-4-19-18(3-1)20(24-28-19)26-13-11-25(12-14-26)10-7-17-15-27-21(23-17)16-5-8-22-9-6-16/h1-6,8-9,15H,7,10-14H2. The average Bonchev–Trinajstić information content (AvgIpc) is 3.41. The molecule has 0 spiro atoms. The molecular formula is C21H21N5S2. The predicted octanol–water partition coefficient (Wildman–Crippen LogP) is 4.18. The molecular weight excluding hydrogens is 386 g/mol. The summed E-state index contributed by atoms with van der Waals surface area (Å²) in [4.78, 5) is 13.8. The molecule has 5 nitrogen and oxygen atoms in total. The number of pyridine rings is 1. The van der Waals surface area contributed by atoms with E-state index in [2.05, 4.69) is 44.4 Å². The number of thiazole rings is 1. The van der Waals surface area contributed by atoms with E-state index in [9.17, 15) is 0 Å². The zero-order valence-corrected chi connectivity index (χ0v) is 17.1. The van der Waals surface area contributed by atoms with Gasteiger partial charge in [0.25, 0.3) is 0 Å². The second kappa shape index (κ2) is 7.95. The van der Waals surface area contributed by atoms with Crippen molar-refractivity contribution < 1.29 is 0 Å². The Hall–Kier alpha value is -2.35. The molecule has 0 aliphatic carbocycles. The summed E-state index contributed by atoms with van der Waals surface area (Å²) in [7, 11) is 0. The van der Waals surface area contributed by atoms with Crippen LogP contribution in [0.1, 0.15) is 5.69 Å². The highest BCUT2D eigenvalue weighted by molar-refractivity contribution is 7.13. The van der Waals surface area contributed by atoms with Crippen LogP contribution in [0.2, 0.25) is 0 Å². The molecule has 1 aliphatic heterocycles. The Balaban J connectivity index is 1.17. The first kappa shape index (κ1) is 17.7. The van der Waals surface area contributed by atoms with Crippen LogP contribution in [0.15, 0.2) is 54.2 Å². The van der Waals surface area contributed by atoms with E-state index in [1.165, 1.54) is 15.8 Å². The van der Waals surface area contributed by atoms with Gasteiger partial charge in [-0.25, -0.2) is 4.98 Å². The molecule has 1 aromatic carbocycles. The van der Waals surface area contributed by atoms with Crippen LogP contribution in [0.4, 0.5) is 5.82 Å². The Labute approximate surface area is 172 Å². The van der Waals surface area contributed by atoms with Crippen LogP contribution in [0, 0.1) is 0 Å². The van der Waals surface area contributed by atoms with Gasteiger partial charge in [-0.05, 0) is 35.8 Å². The number of aromatic nitrogens is 3. The predicted molar refractivity (Wildman–Crippen MR) is 117 cm³/mol. The molecule has 1 saturated heterocycles. The Kier molecular flexibility index (Phi) is 5.03. The van der Waals surface area contributed by atoms with E-state index < -0.39 is 0 Å². The van der Waals surface area contributed by atoms with Gasteiger partial charge in [0, 0.05) is 67.9 Å². The van der Waals surface area contributed by atoms with Gasteiger partial charge < -0.3 is 4.90 Å². The quantitative estimate of drug-likeness (QED) is 0.497. The first-order valence-corrected chi connectivity index (χ1v) is 11.2. The largest absolute Gasteiger partial charge is 0.353 e. The van der Waals surface area contributed by atoms with Gasteiger partial charge in [0.2, 0.25) is 0 Å². The second-order valence-electron chi connectivity index (χ2n) is 6.96. The van der Waals surface area contributed by atoms with Crippen LogP contribution in [0.25, 0.3) is 20.7 Å². The van der Waals surface area contributed by atoms with Crippen molar-refractivity contribution in [2.75, 3.05) is 37.6 Å². The van der Waals surface area contributed by atoms with E-state index in [1.54, 1.807) is 22.9 Å². The van der Waals surface area contributed by atoms with Crippen molar-refractivity contribution >= 4 is 38.8 Å². The van der Waals surface area contributed by atoms with E-state index in [-0.39, 0.29) is 0 Å². The van der Waals surface area contributed by atoms with Crippen LogP contribution in [-0.2, 0) is 6.42 Å². The van der Waals surface area contributed by atoms with Crippen molar-refractivity contribution in [2.24, 2.45) is 0 Å². The maximum atomic E-state index is 4.80. The van der Waals surface area contributed by atoms with E-state index in [0.717, 1.165) is 55.5 Å². The fourth-order valence-corrected chi connectivity index (χ4v) is 5.26. The van der Waals surface area contributed by atoms with Crippen molar-refractivity contribution in [2.45, 2.75) is 6.42 Å². The summed E-state index contributed by atoms with van der Waals surface area (Å²) < 4.78 is 5.98. The van der Waals surface area contributed by atoms with Crippen LogP contribution >= 0.6 is 22.9 Å². The van der Waals surface area contributed by atoms with Gasteiger partial charge in [0.1, 0.15) is 10.8 Å². The fraction of sp³-hybridized carbons (Fsp3) is 0.286. The monoisotopic (exact) mass is 407 g/mol. The first-order chi connectivity index (χ1) is 13.9. The molecule has 0 atom stereocenters. The summed E-state index contributed by atoms with van der Waals surface area (Å²) >= 11 is 3.32. The van der Waals surface area contributed by atoms with Gasteiger partial charge >= 0.3 is 0 Å². The molecule has 28 heavy (non-hydrogen) atoms. The lowest BCUT2D eigenvalue weighted by molar-refractivity contribution is 0.260. The molecule has 142 valence electrons. The Morgan fingerprint density at radius 2 is 1.79 bits per heavy atom. The molecule has 1 fully saturated rings. The summed E-state index contributed by atoms with van der Waals surface area (Å²) in [6.45, 7) is 5.28. The van der Waals surface area contributed by atoms with Crippen molar-refractivity contribution in [1.29, 1.82) is 0 Å². The fourth-order valence-electron chi connectivity index (χ4n) is 3.61. The van der Waals surface area contributed by atoms with E-state index in [1.807, 2.05) is 24.5 Å². The normalized spacial score (nSPS) is 15.4. The second-order valence-corrected chi connectivity index (χ2v) is 8.62. The third-order valence-corrected chi connectivity index (χ3v) is 6.95. The Bertz CT molecular complexity index is 1050. The molecule has 0 saturated carbocycles. The molecule has 0 radical (unpaired) electrons. The summed E-state index contributed by atoms with van der Waals surface area (Å²) in [6, 6.07) is 12.6. The van der Waals surface area contributed by atoms with E-state index in [0.29, 0.717) is 0 Å². The van der Waals surface area contributed by atoms with Gasteiger partial charge in [-0.2, -0.15) is 4.37 Å². The molecule has 0 unspecified atom stereocenters. The summed E-state index contributed by atoms with van der Waals surface area (Å²) in [5, 5.41) is 4.55. The molecule has 4 heterocycles. The molecule has 0 N–H and O–H groups in total. The van der Waals surface area contributed by atoms with Crippen LogP contribution in [0.3, 0.4) is 0 Å². The minimum absolute atomic E-state index is 1.00. The first-order valence-electron chi connectivity index (χ1n) is 9.53. The van der Waals surface area contributed by atoms with Gasteiger partial charge in [-0.3, -0.25) is 9.88 Å². The number of hydrogen-bond acceptors (Lipinski definition) is 7. The number of benzene rings is 1. The summed E-state index contributed by atoms with van der Waals surface area (Å²) in [6.07, 6.45) is 4.64. The lowest BCUT2D eigenvalue weighted by Crippen LogP contribution is -2.47. The minimum atomic E-state index is 1.00. The van der Waals surface area contributed by atoms with Gasteiger partial charge in [0.15, 0.2) is 0 Å². The highest BCUT2D eigenvalue weighted by Crippen LogP contribution is 2.30. The maximum Gasteiger partial charge on any atom is 0.150 e. The number of rotatable bonds is 5. The van der Waals surface area contributed by atoms with Gasteiger partial charge in [0.05, 0.1) is 10.4 Å². The topological polar surface area (TPSA) is 45.2 Å². The number of nitrogens with zero attached hydrogens (tertiary/aromatic N) is 5. The number of hydrogen-bond donors (Lipinski definition) is 0. The molecule has 7 heteroatoms. The van der Waals surface area contributed by atoms with Crippen LogP contribution in [-0.4, -0.2) is 52.0 Å². The Morgan fingerprint density at radius 3 is 2.64 bits per heavy atom. The molecule has 0 amide bonds. The number of piperazine rings is 1. The van der Waals surface area contributed by atoms with E-state index >= 15 is 0 Å². The lowest BCUT2D eigenvalue weighted by atomic mass is 10.2. The Morgan fingerprint density at radius 1 is 0.964 bits per heavy atom. The van der Waals surface area contributed by atoms with Crippen molar-refractivity contribution in [3.8, 4) is 10.6 Å². The van der Waals surface area contributed by atoms with Crippen LogP contribution in [0.5, 0.6) is 0 Å². The minimum Gasteiger partial charge on any atom is -0.353 e. The van der Waals surface area contributed by atoms with Gasteiger partial charge in [-0.1, -0.05) is 12.1 Å². The summed E-state index contributed by atoms with van der Waals surface area (Å²) in [5.41, 5.74) is 2.33. The lowest BCUT2D eigenvalue weighted by Gasteiger charge is -2.35. The highest BCUT2D eigenvalue weighted by atomic mass is 32.1. The zero-order chi connectivity index (χ0) is 18.8. The molecule has 3 aromatic heterocycles. The highest BCUT2D eigenvalue weighted by Gasteiger charge is 2.20. The van der Waals surface area contributed by atoms with Gasteiger partial charge in [-0.15, -0.1) is 11.3 Å². The molecule has 4 aromatic rings. The zero-order valence-electron chi connectivity index (χ0n) is 15.5. The maximum absolute atomic E-state index is 4.80. The van der Waals surface area contributed by atoms with Crippen LogP contribution < -0.4 is 4.90 Å².